The van der Waals surface area contributed by atoms with Gasteiger partial charge in [0, 0.05) is 19.3 Å². The summed E-state index contributed by atoms with van der Waals surface area (Å²) in [6.45, 7) is 0.900. The Balaban J connectivity index is 2.00. The van der Waals surface area contributed by atoms with E-state index in [0.717, 1.165) is 24.6 Å². The zero-order valence-corrected chi connectivity index (χ0v) is 10.2. The van der Waals surface area contributed by atoms with Crippen LogP contribution in [0.3, 0.4) is 0 Å². The minimum Gasteiger partial charge on any atom is -0.399 e. The van der Waals surface area contributed by atoms with Gasteiger partial charge in [0.15, 0.2) is 0 Å². The van der Waals surface area contributed by atoms with Crippen molar-refractivity contribution in [1.82, 2.24) is 14.8 Å². The maximum Gasteiger partial charge on any atom is 0.243 e. The standard InChI is InChI=1S/C12H16N6/c1-14-11-16-12-15-7-6-10(18(12)17-11)8-2-4-9(13)5-3-8/h2-5,10H,6-7,13H2,1H3,(H2,14,15,16,17). The molecule has 4 N–H and O–H groups in total. The van der Waals surface area contributed by atoms with Crippen molar-refractivity contribution in [3.05, 3.63) is 29.8 Å². The molecule has 1 aromatic heterocycles. The Labute approximate surface area is 105 Å². The van der Waals surface area contributed by atoms with Crippen LogP contribution in [0.4, 0.5) is 17.6 Å². The van der Waals surface area contributed by atoms with Crippen molar-refractivity contribution in [2.75, 3.05) is 30.0 Å². The van der Waals surface area contributed by atoms with E-state index in [2.05, 4.69) is 32.8 Å². The molecule has 0 amide bonds. The molecule has 0 saturated carbocycles. The lowest BCUT2D eigenvalue weighted by atomic mass is 10.0. The third kappa shape index (κ3) is 1.75. The van der Waals surface area contributed by atoms with Crippen molar-refractivity contribution in [3.8, 4) is 0 Å². The molecule has 0 aliphatic carbocycles. The summed E-state index contributed by atoms with van der Waals surface area (Å²) < 4.78 is 1.93. The number of nitrogens with zero attached hydrogens (tertiary/aromatic N) is 3. The van der Waals surface area contributed by atoms with E-state index in [1.807, 2.05) is 23.9 Å². The van der Waals surface area contributed by atoms with Gasteiger partial charge in [0.2, 0.25) is 11.9 Å². The maximum absolute atomic E-state index is 5.72. The van der Waals surface area contributed by atoms with Gasteiger partial charge in [0.25, 0.3) is 0 Å². The lowest BCUT2D eigenvalue weighted by molar-refractivity contribution is 0.481. The molecule has 6 heteroatoms. The molecule has 18 heavy (non-hydrogen) atoms. The summed E-state index contributed by atoms with van der Waals surface area (Å²) in [6.07, 6.45) is 0.990. The van der Waals surface area contributed by atoms with E-state index in [1.54, 1.807) is 0 Å². The summed E-state index contributed by atoms with van der Waals surface area (Å²) in [4.78, 5) is 4.37. The summed E-state index contributed by atoms with van der Waals surface area (Å²) in [6, 6.07) is 8.17. The van der Waals surface area contributed by atoms with Crippen molar-refractivity contribution in [1.29, 1.82) is 0 Å². The van der Waals surface area contributed by atoms with Crippen LogP contribution in [0.5, 0.6) is 0 Å². The molecule has 0 bridgehead atoms. The average molecular weight is 244 g/mol. The highest BCUT2D eigenvalue weighted by Gasteiger charge is 2.23. The van der Waals surface area contributed by atoms with Crippen LogP contribution in [0.2, 0.25) is 0 Å². The Hall–Kier alpha value is -2.24. The minimum absolute atomic E-state index is 0.219. The number of hydrogen-bond donors (Lipinski definition) is 3. The molecular weight excluding hydrogens is 228 g/mol. The number of hydrogen-bond acceptors (Lipinski definition) is 5. The summed E-state index contributed by atoms with van der Waals surface area (Å²) in [5.41, 5.74) is 7.71. The molecule has 94 valence electrons. The van der Waals surface area contributed by atoms with Gasteiger partial charge >= 0.3 is 0 Å². The second-order valence-corrected chi connectivity index (χ2v) is 4.35. The van der Waals surface area contributed by atoms with Crippen LogP contribution < -0.4 is 16.4 Å². The van der Waals surface area contributed by atoms with Gasteiger partial charge in [-0.1, -0.05) is 12.1 Å². The van der Waals surface area contributed by atoms with E-state index < -0.39 is 0 Å². The van der Waals surface area contributed by atoms with E-state index in [9.17, 15) is 0 Å². The van der Waals surface area contributed by atoms with Gasteiger partial charge < -0.3 is 16.4 Å². The number of nitrogen functional groups attached to an aromatic ring is 1. The minimum atomic E-state index is 0.219. The van der Waals surface area contributed by atoms with Gasteiger partial charge in [0.1, 0.15) is 0 Å². The monoisotopic (exact) mass is 244 g/mol. The number of nitrogens with two attached hydrogens (primary N) is 1. The number of aromatic nitrogens is 3. The van der Waals surface area contributed by atoms with E-state index in [-0.39, 0.29) is 6.04 Å². The first-order valence-corrected chi connectivity index (χ1v) is 6.01. The Kier molecular flexibility index (Phi) is 2.55. The molecule has 1 aliphatic heterocycles. The van der Waals surface area contributed by atoms with E-state index in [4.69, 9.17) is 5.73 Å². The highest BCUT2D eigenvalue weighted by Crippen LogP contribution is 2.29. The predicted octanol–water partition coefficient (Wildman–Crippen LogP) is 1.31. The number of benzene rings is 1. The SMILES string of the molecule is CNc1nc2n(n1)C(c1ccc(N)cc1)CCN2. The number of anilines is 3. The van der Waals surface area contributed by atoms with Crippen molar-refractivity contribution >= 4 is 17.6 Å². The lowest BCUT2D eigenvalue weighted by Crippen LogP contribution is -2.24. The fraction of sp³-hybridized carbons (Fsp3) is 0.333. The van der Waals surface area contributed by atoms with Crippen LogP contribution in [0, 0.1) is 0 Å². The normalized spacial score (nSPS) is 17.9. The van der Waals surface area contributed by atoms with Crippen LogP contribution in [-0.4, -0.2) is 28.4 Å². The topological polar surface area (TPSA) is 80.8 Å². The van der Waals surface area contributed by atoms with E-state index in [0.29, 0.717) is 5.95 Å². The van der Waals surface area contributed by atoms with Gasteiger partial charge in [-0.3, -0.25) is 0 Å². The molecule has 0 saturated heterocycles. The average Bonchev–Trinajstić information content (AvgIpc) is 2.82. The second-order valence-electron chi connectivity index (χ2n) is 4.35. The molecule has 0 fully saturated rings. The quantitative estimate of drug-likeness (QED) is 0.694. The largest absolute Gasteiger partial charge is 0.399 e. The Morgan fingerprint density at radius 3 is 2.89 bits per heavy atom. The van der Waals surface area contributed by atoms with Gasteiger partial charge in [0.05, 0.1) is 6.04 Å². The molecular formula is C12H16N6. The predicted molar refractivity (Wildman–Crippen MR) is 71.7 cm³/mol. The maximum atomic E-state index is 5.72. The Morgan fingerprint density at radius 1 is 1.39 bits per heavy atom. The summed E-state index contributed by atoms with van der Waals surface area (Å²) in [5.74, 6) is 1.45. The van der Waals surface area contributed by atoms with Crippen LogP contribution in [0.15, 0.2) is 24.3 Å². The van der Waals surface area contributed by atoms with Crippen LogP contribution in [0.1, 0.15) is 18.0 Å². The van der Waals surface area contributed by atoms with Crippen molar-refractivity contribution in [2.45, 2.75) is 12.5 Å². The third-order valence-electron chi connectivity index (χ3n) is 3.17. The molecule has 1 unspecified atom stereocenters. The first kappa shape index (κ1) is 10.9. The van der Waals surface area contributed by atoms with Crippen LogP contribution in [0.25, 0.3) is 0 Å². The lowest BCUT2D eigenvalue weighted by Gasteiger charge is -2.24. The van der Waals surface area contributed by atoms with Gasteiger partial charge in [-0.15, -0.1) is 5.10 Å². The zero-order chi connectivity index (χ0) is 12.5. The summed E-state index contributed by atoms with van der Waals surface area (Å²) >= 11 is 0. The van der Waals surface area contributed by atoms with E-state index in [1.165, 1.54) is 5.56 Å². The molecule has 1 aromatic carbocycles. The summed E-state index contributed by atoms with van der Waals surface area (Å²) in [5, 5.41) is 10.7. The molecule has 0 spiro atoms. The van der Waals surface area contributed by atoms with Crippen molar-refractivity contribution in [3.63, 3.8) is 0 Å². The smallest absolute Gasteiger partial charge is 0.243 e. The molecule has 0 radical (unpaired) electrons. The van der Waals surface area contributed by atoms with Crippen molar-refractivity contribution in [2.24, 2.45) is 0 Å². The van der Waals surface area contributed by atoms with E-state index >= 15 is 0 Å². The zero-order valence-electron chi connectivity index (χ0n) is 10.2. The molecule has 3 rings (SSSR count). The first-order valence-electron chi connectivity index (χ1n) is 6.01. The highest BCUT2D eigenvalue weighted by molar-refractivity contribution is 5.43. The number of fused-ring (bicyclic) bond motifs is 1. The molecule has 2 heterocycles. The first-order chi connectivity index (χ1) is 8.78. The van der Waals surface area contributed by atoms with Crippen LogP contribution in [-0.2, 0) is 0 Å². The van der Waals surface area contributed by atoms with Gasteiger partial charge in [-0.05, 0) is 24.1 Å². The molecule has 1 atom stereocenters. The molecule has 6 nitrogen and oxygen atoms in total. The van der Waals surface area contributed by atoms with Gasteiger partial charge in [-0.2, -0.15) is 4.98 Å². The Morgan fingerprint density at radius 2 is 2.17 bits per heavy atom. The fourth-order valence-corrected chi connectivity index (χ4v) is 2.24. The molecule has 2 aromatic rings. The second kappa shape index (κ2) is 4.21. The molecule has 1 aliphatic rings. The highest BCUT2D eigenvalue weighted by atomic mass is 15.5. The Bertz CT molecular complexity index is 544. The van der Waals surface area contributed by atoms with Gasteiger partial charge in [-0.25, -0.2) is 4.68 Å². The third-order valence-corrected chi connectivity index (χ3v) is 3.17. The van der Waals surface area contributed by atoms with Crippen molar-refractivity contribution < 1.29 is 0 Å². The number of nitrogens with one attached hydrogen (secondary N) is 2. The summed E-state index contributed by atoms with van der Waals surface area (Å²) in [7, 11) is 1.82. The van der Waals surface area contributed by atoms with Crippen LogP contribution >= 0.6 is 0 Å². The fourth-order valence-electron chi connectivity index (χ4n) is 2.24. The number of rotatable bonds is 2.